The van der Waals surface area contributed by atoms with E-state index in [1.54, 1.807) is 0 Å². The van der Waals surface area contributed by atoms with Gasteiger partial charge in [0, 0.05) is 19.3 Å². The lowest BCUT2D eigenvalue weighted by molar-refractivity contribution is -0.167. The quantitative estimate of drug-likeness (QED) is 0.0262. The molecule has 0 radical (unpaired) electrons. The Morgan fingerprint density at radius 2 is 0.493 bits per heavy atom. The molecule has 0 unspecified atom stereocenters. The van der Waals surface area contributed by atoms with Crippen molar-refractivity contribution in [3.8, 4) is 0 Å². The summed E-state index contributed by atoms with van der Waals surface area (Å²) in [6.07, 6.45) is 65.0. The fourth-order valence-electron chi connectivity index (χ4n) is 9.21. The van der Waals surface area contributed by atoms with Crippen molar-refractivity contribution >= 4 is 17.9 Å². The van der Waals surface area contributed by atoms with Crippen LogP contribution < -0.4 is 0 Å². The van der Waals surface area contributed by atoms with Crippen LogP contribution in [0.2, 0.25) is 0 Å². The number of esters is 3. The van der Waals surface area contributed by atoms with Crippen LogP contribution >= 0.6 is 0 Å². The van der Waals surface area contributed by atoms with Crippen molar-refractivity contribution in [2.75, 3.05) is 13.2 Å². The van der Waals surface area contributed by atoms with E-state index in [9.17, 15) is 14.4 Å². The van der Waals surface area contributed by atoms with Crippen LogP contribution in [0.25, 0.3) is 0 Å². The van der Waals surface area contributed by atoms with Crippen molar-refractivity contribution in [3.05, 3.63) is 12.2 Å². The van der Waals surface area contributed by atoms with Crippen LogP contribution in [-0.2, 0) is 28.6 Å². The first kappa shape index (κ1) is 65.1. The Morgan fingerprint density at radius 3 is 0.746 bits per heavy atom. The van der Waals surface area contributed by atoms with Crippen molar-refractivity contribution in [2.45, 2.75) is 348 Å². The molecule has 0 spiro atoms. The number of unbranched alkanes of at least 4 members (excludes halogenated alkanes) is 43. The maximum atomic E-state index is 12.9. The van der Waals surface area contributed by atoms with E-state index in [0.29, 0.717) is 19.3 Å². The van der Waals surface area contributed by atoms with Gasteiger partial charge in [-0.1, -0.05) is 290 Å². The van der Waals surface area contributed by atoms with Gasteiger partial charge in [-0.05, 0) is 44.9 Å². The maximum absolute atomic E-state index is 12.9. The van der Waals surface area contributed by atoms with Crippen LogP contribution in [0.15, 0.2) is 12.2 Å². The van der Waals surface area contributed by atoms with E-state index < -0.39 is 6.10 Å². The van der Waals surface area contributed by atoms with Crippen molar-refractivity contribution < 1.29 is 28.6 Å². The van der Waals surface area contributed by atoms with Gasteiger partial charge in [-0.25, -0.2) is 0 Å². The Kier molecular flexibility index (Phi) is 55.2. The normalized spacial score (nSPS) is 12.0. The fraction of sp³-hybridized carbons (Fsp3) is 0.918. The van der Waals surface area contributed by atoms with Crippen LogP contribution in [0.3, 0.4) is 0 Å². The summed E-state index contributed by atoms with van der Waals surface area (Å²) in [5.41, 5.74) is 0. The lowest BCUT2D eigenvalue weighted by atomic mass is 10.0. The van der Waals surface area contributed by atoms with Crippen LogP contribution in [0, 0.1) is 0 Å². The smallest absolute Gasteiger partial charge is 0.306 e. The van der Waals surface area contributed by atoms with E-state index in [2.05, 4.69) is 32.9 Å². The Balaban J connectivity index is 4.26. The van der Waals surface area contributed by atoms with Gasteiger partial charge in [-0.3, -0.25) is 14.4 Å². The molecule has 0 aromatic carbocycles. The second kappa shape index (κ2) is 56.7. The van der Waals surface area contributed by atoms with Crippen molar-refractivity contribution in [2.24, 2.45) is 0 Å². The molecule has 0 aromatic heterocycles. The number of hydrogen-bond donors (Lipinski definition) is 0. The summed E-state index contributed by atoms with van der Waals surface area (Å²) in [5.74, 6) is -0.845. The molecule has 6 heteroatoms. The summed E-state index contributed by atoms with van der Waals surface area (Å²) in [7, 11) is 0. The number of carbonyl (C=O) groups is 3. The van der Waals surface area contributed by atoms with Crippen LogP contribution in [-0.4, -0.2) is 37.2 Å². The molecule has 67 heavy (non-hydrogen) atoms. The summed E-state index contributed by atoms with van der Waals surface area (Å²) in [6.45, 7) is 6.69. The van der Waals surface area contributed by atoms with E-state index in [0.717, 1.165) is 57.8 Å². The summed E-state index contributed by atoms with van der Waals surface area (Å²) in [4.78, 5) is 38.1. The second-order valence-electron chi connectivity index (χ2n) is 20.6. The van der Waals surface area contributed by atoms with Crippen LogP contribution in [0.1, 0.15) is 342 Å². The molecule has 396 valence electrons. The zero-order chi connectivity index (χ0) is 48.6. The van der Waals surface area contributed by atoms with E-state index in [1.165, 1.54) is 244 Å². The lowest BCUT2D eigenvalue weighted by Gasteiger charge is -2.18. The van der Waals surface area contributed by atoms with Gasteiger partial charge in [0.2, 0.25) is 0 Å². The maximum Gasteiger partial charge on any atom is 0.306 e. The van der Waals surface area contributed by atoms with Crippen LogP contribution in [0.4, 0.5) is 0 Å². The first-order valence-electron chi connectivity index (χ1n) is 30.2. The lowest BCUT2D eigenvalue weighted by Crippen LogP contribution is -2.30. The minimum absolute atomic E-state index is 0.0654. The van der Waals surface area contributed by atoms with Gasteiger partial charge in [0.1, 0.15) is 13.2 Å². The van der Waals surface area contributed by atoms with Crippen LogP contribution in [0.5, 0.6) is 0 Å². The number of allylic oxidation sites excluding steroid dienone is 2. The third-order valence-corrected chi connectivity index (χ3v) is 13.8. The molecule has 0 aliphatic rings. The van der Waals surface area contributed by atoms with E-state index in [1.807, 2.05) is 0 Å². The highest BCUT2D eigenvalue weighted by atomic mass is 16.6. The highest BCUT2D eigenvalue weighted by Crippen LogP contribution is 2.17. The molecule has 6 nitrogen and oxygen atoms in total. The van der Waals surface area contributed by atoms with E-state index >= 15 is 0 Å². The Morgan fingerprint density at radius 1 is 0.284 bits per heavy atom. The highest BCUT2D eigenvalue weighted by Gasteiger charge is 2.19. The zero-order valence-electron chi connectivity index (χ0n) is 45.5. The summed E-state index contributed by atoms with van der Waals surface area (Å²) >= 11 is 0. The average Bonchev–Trinajstić information content (AvgIpc) is 3.33. The first-order valence-corrected chi connectivity index (χ1v) is 30.2. The molecule has 0 aliphatic heterocycles. The topological polar surface area (TPSA) is 78.9 Å². The molecule has 0 aromatic rings. The predicted octanol–water partition coefficient (Wildman–Crippen LogP) is 20.1. The third-order valence-electron chi connectivity index (χ3n) is 13.8. The Bertz CT molecular complexity index is 1040. The van der Waals surface area contributed by atoms with E-state index in [-0.39, 0.29) is 31.1 Å². The molecule has 0 bridgehead atoms. The number of carbonyl (C=O) groups excluding carboxylic acids is 3. The van der Waals surface area contributed by atoms with Crippen molar-refractivity contribution in [1.29, 1.82) is 0 Å². The van der Waals surface area contributed by atoms with Crippen molar-refractivity contribution in [1.82, 2.24) is 0 Å². The molecule has 0 fully saturated rings. The molecule has 0 aliphatic carbocycles. The standard InChI is InChI=1S/C61H116O6/c1-4-7-10-13-16-19-22-24-26-28-30-32-34-36-39-42-45-48-51-54-60(63)66-57-58(56-65-59(62)53-50-47-44-41-38-21-18-15-12-9-6-3)67-61(64)55-52-49-46-43-40-37-35-33-31-29-27-25-23-20-17-14-11-8-5-2/h28,30,58H,4-27,29,31-57H2,1-3H3/b30-28-/t58-/m1/s1. The molecule has 0 heterocycles. The van der Waals surface area contributed by atoms with Gasteiger partial charge in [0.05, 0.1) is 0 Å². The fourth-order valence-corrected chi connectivity index (χ4v) is 9.21. The summed E-state index contributed by atoms with van der Waals surface area (Å²) in [5, 5.41) is 0. The molecular formula is C61H116O6. The summed E-state index contributed by atoms with van der Waals surface area (Å²) in [6, 6.07) is 0. The molecule has 0 rings (SSSR count). The van der Waals surface area contributed by atoms with Gasteiger partial charge in [-0.15, -0.1) is 0 Å². The largest absolute Gasteiger partial charge is 0.462 e. The number of rotatable bonds is 56. The van der Waals surface area contributed by atoms with E-state index in [4.69, 9.17) is 14.2 Å². The molecular weight excluding hydrogens is 829 g/mol. The molecule has 0 N–H and O–H groups in total. The summed E-state index contributed by atoms with van der Waals surface area (Å²) < 4.78 is 16.9. The second-order valence-corrected chi connectivity index (χ2v) is 20.6. The molecule has 0 amide bonds. The van der Waals surface area contributed by atoms with Gasteiger partial charge >= 0.3 is 17.9 Å². The Labute approximate surface area is 418 Å². The SMILES string of the molecule is CCCCCCCCCC/C=C\CCCCCCCCCC(=O)OC[C@@H](COC(=O)CCCCCCCCCCCCC)OC(=O)CCCCCCCCCCCCCCCCCCCCC. The molecule has 1 atom stereocenters. The minimum Gasteiger partial charge on any atom is -0.462 e. The highest BCUT2D eigenvalue weighted by molar-refractivity contribution is 5.71. The molecule has 0 saturated heterocycles. The Hall–Kier alpha value is -1.85. The zero-order valence-corrected chi connectivity index (χ0v) is 45.5. The van der Waals surface area contributed by atoms with Gasteiger partial charge < -0.3 is 14.2 Å². The predicted molar refractivity (Wildman–Crippen MR) is 289 cm³/mol. The third kappa shape index (κ3) is 55.0. The van der Waals surface area contributed by atoms with Gasteiger partial charge in [0.15, 0.2) is 6.10 Å². The van der Waals surface area contributed by atoms with Gasteiger partial charge in [-0.2, -0.15) is 0 Å². The average molecular weight is 946 g/mol. The number of ether oxygens (including phenoxy) is 3. The van der Waals surface area contributed by atoms with Gasteiger partial charge in [0.25, 0.3) is 0 Å². The monoisotopic (exact) mass is 945 g/mol. The minimum atomic E-state index is -0.766. The molecule has 0 saturated carbocycles. The van der Waals surface area contributed by atoms with Crippen molar-refractivity contribution in [3.63, 3.8) is 0 Å². The first-order chi connectivity index (χ1) is 33.0. The number of hydrogen-bond acceptors (Lipinski definition) is 6.